The Balaban J connectivity index is 1.72. The Morgan fingerprint density at radius 2 is 2.06 bits per heavy atom. The van der Waals surface area contributed by atoms with E-state index >= 15 is 0 Å². The second-order valence-electron chi connectivity index (χ2n) is 5.07. The molecule has 0 unspecified atom stereocenters. The minimum absolute atomic E-state index is 0.425. The normalized spacial score (nSPS) is 17.4. The fourth-order valence-corrected chi connectivity index (χ4v) is 3.01. The number of aryl methyl sites for hydroxylation is 1. The van der Waals surface area contributed by atoms with E-state index in [1.54, 1.807) is 6.20 Å². The highest BCUT2D eigenvalue weighted by molar-refractivity contribution is 6.32. The van der Waals surface area contributed by atoms with Crippen molar-refractivity contribution in [2.24, 2.45) is 5.92 Å². The predicted octanol–water partition coefficient (Wildman–Crippen LogP) is 3.29. The van der Waals surface area contributed by atoms with E-state index in [0.29, 0.717) is 10.8 Å². The summed E-state index contributed by atoms with van der Waals surface area (Å²) in [5.41, 5.74) is 0.665. The highest BCUT2D eigenvalue weighted by Gasteiger charge is 2.15. The molecule has 96 valence electrons. The van der Waals surface area contributed by atoms with Crippen molar-refractivity contribution in [1.29, 1.82) is 0 Å². The summed E-state index contributed by atoms with van der Waals surface area (Å²) >= 11 is 5.98. The summed E-state index contributed by atoms with van der Waals surface area (Å²) in [6.07, 6.45) is 12.7. The van der Waals surface area contributed by atoms with Gasteiger partial charge in [-0.05, 0) is 12.3 Å². The second kappa shape index (κ2) is 5.22. The zero-order valence-corrected chi connectivity index (χ0v) is 11.1. The van der Waals surface area contributed by atoms with Gasteiger partial charge in [0.05, 0.1) is 0 Å². The molecule has 0 bridgehead atoms. The third-order valence-electron chi connectivity index (χ3n) is 3.86. The van der Waals surface area contributed by atoms with Crippen LogP contribution in [0.15, 0.2) is 12.4 Å². The monoisotopic (exact) mass is 264 g/mol. The van der Waals surface area contributed by atoms with Crippen molar-refractivity contribution in [3.05, 3.63) is 23.4 Å². The van der Waals surface area contributed by atoms with Gasteiger partial charge in [-0.1, -0.05) is 43.7 Å². The van der Waals surface area contributed by atoms with Gasteiger partial charge in [0.25, 0.3) is 0 Å². The van der Waals surface area contributed by atoms with Gasteiger partial charge in [-0.3, -0.25) is 4.40 Å². The van der Waals surface area contributed by atoms with Crippen LogP contribution in [0.4, 0.5) is 0 Å². The molecule has 0 saturated heterocycles. The molecule has 0 N–H and O–H groups in total. The Hall–Kier alpha value is -1.16. The van der Waals surface area contributed by atoms with E-state index in [-0.39, 0.29) is 0 Å². The number of fused-ring (bicyclic) bond motifs is 1. The summed E-state index contributed by atoms with van der Waals surface area (Å²) in [5, 5.41) is 8.75. The molecule has 1 fully saturated rings. The molecule has 1 aliphatic rings. The molecule has 2 heterocycles. The first-order valence-corrected chi connectivity index (χ1v) is 7.06. The average Bonchev–Trinajstić information content (AvgIpc) is 2.82. The van der Waals surface area contributed by atoms with Gasteiger partial charge in [-0.25, -0.2) is 4.98 Å². The second-order valence-corrected chi connectivity index (χ2v) is 5.43. The zero-order chi connectivity index (χ0) is 12.4. The Morgan fingerprint density at radius 3 is 2.89 bits per heavy atom. The van der Waals surface area contributed by atoms with Crippen LogP contribution in [0.2, 0.25) is 5.15 Å². The minimum atomic E-state index is 0.425. The molecule has 0 spiro atoms. The SMILES string of the molecule is Clc1nccn2c(CCC3CCCCC3)nnc12. The summed E-state index contributed by atoms with van der Waals surface area (Å²) in [5.74, 6) is 1.86. The maximum absolute atomic E-state index is 5.98. The largest absolute Gasteiger partial charge is 0.282 e. The van der Waals surface area contributed by atoms with E-state index in [2.05, 4.69) is 15.2 Å². The van der Waals surface area contributed by atoms with Crippen molar-refractivity contribution in [2.45, 2.75) is 44.9 Å². The van der Waals surface area contributed by atoms with E-state index in [1.807, 2.05) is 10.6 Å². The molecule has 2 aromatic rings. The molecule has 4 nitrogen and oxygen atoms in total. The van der Waals surface area contributed by atoms with Crippen LogP contribution in [0.5, 0.6) is 0 Å². The van der Waals surface area contributed by atoms with E-state index in [9.17, 15) is 0 Å². The summed E-state index contributed by atoms with van der Waals surface area (Å²) in [4.78, 5) is 4.01. The molecule has 3 rings (SSSR count). The van der Waals surface area contributed by atoms with Crippen molar-refractivity contribution < 1.29 is 0 Å². The quantitative estimate of drug-likeness (QED) is 0.854. The highest BCUT2D eigenvalue weighted by atomic mass is 35.5. The van der Waals surface area contributed by atoms with Gasteiger partial charge in [0, 0.05) is 18.8 Å². The Morgan fingerprint density at radius 1 is 1.22 bits per heavy atom. The van der Waals surface area contributed by atoms with Crippen molar-refractivity contribution in [3.63, 3.8) is 0 Å². The predicted molar refractivity (Wildman–Crippen MR) is 70.7 cm³/mol. The van der Waals surface area contributed by atoms with Crippen LogP contribution >= 0.6 is 11.6 Å². The Kier molecular flexibility index (Phi) is 3.46. The highest BCUT2D eigenvalue weighted by Crippen LogP contribution is 2.27. The van der Waals surface area contributed by atoms with Crippen LogP contribution in [0.3, 0.4) is 0 Å². The van der Waals surface area contributed by atoms with Crippen LogP contribution < -0.4 is 0 Å². The molecular weight excluding hydrogens is 248 g/mol. The first-order valence-electron chi connectivity index (χ1n) is 6.69. The van der Waals surface area contributed by atoms with Crippen LogP contribution in [0.25, 0.3) is 5.65 Å². The number of nitrogens with zero attached hydrogens (tertiary/aromatic N) is 4. The molecule has 5 heteroatoms. The Labute approximate surface area is 111 Å². The van der Waals surface area contributed by atoms with Gasteiger partial charge in [0.15, 0.2) is 10.8 Å². The third kappa shape index (κ3) is 2.34. The molecule has 0 aromatic carbocycles. The molecular formula is C13H17ClN4. The Bertz CT molecular complexity index is 531. The van der Waals surface area contributed by atoms with Gasteiger partial charge in [0.1, 0.15) is 5.82 Å². The maximum atomic E-state index is 5.98. The minimum Gasteiger partial charge on any atom is -0.282 e. The van der Waals surface area contributed by atoms with Gasteiger partial charge in [-0.2, -0.15) is 0 Å². The topological polar surface area (TPSA) is 43.1 Å². The molecule has 0 radical (unpaired) electrons. The zero-order valence-electron chi connectivity index (χ0n) is 10.3. The lowest BCUT2D eigenvalue weighted by molar-refractivity contribution is 0.337. The lowest BCUT2D eigenvalue weighted by Crippen LogP contribution is -2.08. The number of aromatic nitrogens is 4. The number of hydrogen-bond acceptors (Lipinski definition) is 3. The fraction of sp³-hybridized carbons (Fsp3) is 0.615. The lowest BCUT2D eigenvalue weighted by atomic mass is 9.86. The first kappa shape index (κ1) is 11.9. The number of hydrogen-bond donors (Lipinski definition) is 0. The van der Waals surface area contributed by atoms with Gasteiger partial charge in [-0.15, -0.1) is 10.2 Å². The third-order valence-corrected chi connectivity index (χ3v) is 4.12. The van der Waals surface area contributed by atoms with Crippen LogP contribution in [0, 0.1) is 5.92 Å². The molecule has 0 atom stereocenters. The van der Waals surface area contributed by atoms with Crippen LogP contribution in [-0.4, -0.2) is 19.6 Å². The van der Waals surface area contributed by atoms with Gasteiger partial charge < -0.3 is 0 Å². The van der Waals surface area contributed by atoms with Crippen molar-refractivity contribution in [2.75, 3.05) is 0 Å². The molecule has 18 heavy (non-hydrogen) atoms. The summed E-state index contributed by atoms with van der Waals surface area (Å²) in [6, 6.07) is 0. The van der Waals surface area contributed by atoms with Crippen molar-refractivity contribution >= 4 is 17.2 Å². The molecule has 0 aliphatic heterocycles. The number of rotatable bonds is 3. The summed E-state index contributed by atoms with van der Waals surface area (Å²) in [7, 11) is 0. The summed E-state index contributed by atoms with van der Waals surface area (Å²) < 4.78 is 1.96. The van der Waals surface area contributed by atoms with Gasteiger partial charge in [0.2, 0.25) is 0 Å². The molecule has 0 amide bonds. The first-order chi connectivity index (χ1) is 8.84. The fourth-order valence-electron chi connectivity index (χ4n) is 2.82. The molecule has 2 aromatic heterocycles. The van der Waals surface area contributed by atoms with Crippen LogP contribution in [0.1, 0.15) is 44.3 Å². The number of halogens is 1. The van der Waals surface area contributed by atoms with Crippen molar-refractivity contribution in [3.8, 4) is 0 Å². The smallest absolute Gasteiger partial charge is 0.198 e. The van der Waals surface area contributed by atoms with Crippen molar-refractivity contribution in [1.82, 2.24) is 19.6 Å². The molecule has 1 saturated carbocycles. The van der Waals surface area contributed by atoms with E-state index in [0.717, 1.165) is 18.2 Å². The van der Waals surface area contributed by atoms with Crippen LogP contribution in [-0.2, 0) is 6.42 Å². The standard InChI is InChI=1S/C13H17ClN4/c14-12-13-17-16-11(18(13)9-8-15-12)7-6-10-4-2-1-3-5-10/h8-10H,1-7H2. The van der Waals surface area contributed by atoms with E-state index in [1.165, 1.54) is 38.5 Å². The van der Waals surface area contributed by atoms with E-state index < -0.39 is 0 Å². The van der Waals surface area contributed by atoms with E-state index in [4.69, 9.17) is 11.6 Å². The maximum Gasteiger partial charge on any atom is 0.198 e. The average molecular weight is 265 g/mol. The summed E-state index contributed by atoms with van der Waals surface area (Å²) in [6.45, 7) is 0. The lowest BCUT2D eigenvalue weighted by Gasteiger charge is -2.20. The molecule has 1 aliphatic carbocycles. The van der Waals surface area contributed by atoms with Gasteiger partial charge >= 0.3 is 0 Å².